The van der Waals surface area contributed by atoms with E-state index in [0.29, 0.717) is 6.08 Å². The van der Waals surface area contributed by atoms with E-state index in [9.17, 15) is 22.8 Å². The summed E-state index contributed by atoms with van der Waals surface area (Å²) >= 11 is 0. The molecule has 1 aliphatic rings. The molecule has 16 heavy (non-hydrogen) atoms. The lowest BCUT2D eigenvalue weighted by Crippen LogP contribution is -2.49. The van der Waals surface area contributed by atoms with Crippen LogP contribution in [0.3, 0.4) is 0 Å². The first kappa shape index (κ1) is 12.3. The van der Waals surface area contributed by atoms with Gasteiger partial charge in [-0.25, -0.2) is 0 Å². The summed E-state index contributed by atoms with van der Waals surface area (Å²) in [7, 11) is 0. The molecular formula is C9H9F3N2O2. The van der Waals surface area contributed by atoms with Gasteiger partial charge in [0.1, 0.15) is 0 Å². The molecule has 0 saturated carbocycles. The highest BCUT2D eigenvalue weighted by Gasteiger charge is 2.58. The molecule has 1 rings (SSSR count). The van der Waals surface area contributed by atoms with E-state index < -0.39 is 29.8 Å². The Kier molecular flexibility index (Phi) is 2.81. The van der Waals surface area contributed by atoms with Gasteiger partial charge in [0.05, 0.1) is 0 Å². The zero-order chi connectivity index (χ0) is 12.6. The summed E-state index contributed by atoms with van der Waals surface area (Å²) in [5.41, 5.74) is 6.51. The average Bonchev–Trinajstić information content (AvgIpc) is 2.15. The maximum Gasteiger partial charge on any atom is 0.406 e. The standard InChI is InChI=1S/C9H9F3N2O2/c10-9(11,12)8(7(14)16)3-1-2-5(4-8)6(13)15/h1-3H,4H2,(H2,13,15)(H2,14,16). The summed E-state index contributed by atoms with van der Waals surface area (Å²) in [4.78, 5) is 21.8. The van der Waals surface area contributed by atoms with Crippen molar-refractivity contribution in [3.05, 3.63) is 23.8 Å². The summed E-state index contributed by atoms with van der Waals surface area (Å²) in [5.74, 6) is -2.55. The third-order valence-corrected chi connectivity index (χ3v) is 2.41. The topological polar surface area (TPSA) is 86.2 Å². The fourth-order valence-corrected chi connectivity index (χ4v) is 1.42. The van der Waals surface area contributed by atoms with Gasteiger partial charge in [0.2, 0.25) is 11.8 Å². The van der Waals surface area contributed by atoms with Crippen LogP contribution in [-0.4, -0.2) is 18.0 Å². The predicted octanol–water partition coefficient (Wildman–Crippen LogP) is 0.392. The van der Waals surface area contributed by atoms with E-state index in [2.05, 4.69) is 0 Å². The van der Waals surface area contributed by atoms with Crippen molar-refractivity contribution in [1.82, 2.24) is 0 Å². The lowest BCUT2D eigenvalue weighted by atomic mass is 9.76. The molecule has 0 saturated heterocycles. The van der Waals surface area contributed by atoms with Gasteiger partial charge < -0.3 is 11.5 Å². The number of hydrogen-bond donors (Lipinski definition) is 2. The summed E-state index contributed by atoms with van der Waals surface area (Å²) < 4.78 is 38.3. The SMILES string of the molecule is NC(=O)C1=CC=CC(C(N)=O)(C(F)(F)F)C1. The van der Waals surface area contributed by atoms with Crippen LogP contribution in [0.25, 0.3) is 0 Å². The molecule has 88 valence electrons. The number of primary amides is 2. The Balaban J connectivity index is 3.20. The smallest absolute Gasteiger partial charge is 0.369 e. The molecule has 0 aromatic carbocycles. The molecule has 0 aromatic rings. The van der Waals surface area contributed by atoms with Crippen molar-refractivity contribution in [3.63, 3.8) is 0 Å². The Morgan fingerprint density at radius 2 is 1.88 bits per heavy atom. The van der Waals surface area contributed by atoms with E-state index in [1.165, 1.54) is 0 Å². The Morgan fingerprint density at radius 1 is 1.31 bits per heavy atom. The number of hydrogen-bond acceptors (Lipinski definition) is 2. The number of halogens is 3. The van der Waals surface area contributed by atoms with Crippen LogP contribution in [0.5, 0.6) is 0 Å². The number of nitrogens with two attached hydrogens (primary N) is 2. The Bertz CT molecular complexity index is 398. The molecule has 0 aromatic heterocycles. The van der Waals surface area contributed by atoms with Crippen LogP contribution >= 0.6 is 0 Å². The van der Waals surface area contributed by atoms with Crippen molar-refractivity contribution in [2.45, 2.75) is 12.6 Å². The van der Waals surface area contributed by atoms with Crippen LogP contribution in [0.4, 0.5) is 13.2 Å². The molecule has 7 heteroatoms. The lowest BCUT2D eigenvalue weighted by Gasteiger charge is -2.31. The average molecular weight is 234 g/mol. The Hall–Kier alpha value is -1.79. The van der Waals surface area contributed by atoms with E-state index >= 15 is 0 Å². The van der Waals surface area contributed by atoms with Crippen LogP contribution < -0.4 is 11.5 Å². The number of alkyl halides is 3. The minimum absolute atomic E-state index is 0.279. The quantitative estimate of drug-likeness (QED) is 0.724. The monoisotopic (exact) mass is 234 g/mol. The van der Waals surface area contributed by atoms with Gasteiger partial charge >= 0.3 is 6.18 Å². The first-order valence-corrected chi connectivity index (χ1v) is 4.25. The van der Waals surface area contributed by atoms with Crippen molar-refractivity contribution >= 4 is 11.8 Å². The zero-order valence-electron chi connectivity index (χ0n) is 8.04. The third-order valence-electron chi connectivity index (χ3n) is 2.41. The maximum atomic E-state index is 12.8. The first-order valence-electron chi connectivity index (χ1n) is 4.25. The summed E-state index contributed by atoms with van der Waals surface area (Å²) in [6.45, 7) is 0. The highest BCUT2D eigenvalue weighted by atomic mass is 19.4. The second-order valence-electron chi connectivity index (χ2n) is 3.43. The van der Waals surface area contributed by atoms with Crippen molar-refractivity contribution < 1.29 is 22.8 Å². The van der Waals surface area contributed by atoms with Gasteiger partial charge in [-0.2, -0.15) is 13.2 Å². The summed E-state index contributed by atoms with van der Waals surface area (Å²) in [5, 5.41) is 0. The molecule has 0 heterocycles. The predicted molar refractivity (Wildman–Crippen MR) is 48.7 cm³/mol. The number of carbonyl (C=O) groups is 2. The van der Waals surface area contributed by atoms with Gasteiger partial charge in [-0.15, -0.1) is 0 Å². The summed E-state index contributed by atoms with van der Waals surface area (Å²) in [6, 6.07) is 0. The molecule has 0 bridgehead atoms. The molecule has 1 atom stereocenters. The van der Waals surface area contributed by atoms with E-state index in [0.717, 1.165) is 12.2 Å². The molecule has 0 aliphatic heterocycles. The van der Waals surface area contributed by atoms with Gasteiger partial charge in [0.15, 0.2) is 5.41 Å². The number of allylic oxidation sites excluding steroid dienone is 2. The van der Waals surface area contributed by atoms with Crippen LogP contribution in [0.2, 0.25) is 0 Å². The molecule has 1 unspecified atom stereocenters. The summed E-state index contributed by atoms with van der Waals surface area (Å²) in [6.07, 6.45) is -2.97. The van der Waals surface area contributed by atoms with E-state index in [4.69, 9.17) is 11.5 Å². The molecule has 2 amide bonds. The van der Waals surface area contributed by atoms with Gasteiger partial charge in [-0.3, -0.25) is 9.59 Å². The molecule has 0 spiro atoms. The fraction of sp³-hybridized carbons (Fsp3) is 0.333. The third kappa shape index (κ3) is 1.80. The number of carbonyl (C=O) groups excluding carboxylic acids is 2. The largest absolute Gasteiger partial charge is 0.406 e. The fourth-order valence-electron chi connectivity index (χ4n) is 1.42. The minimum atomic E-state index is -4.86. The van der Waals surface area contributed by atoms with Gasteiger partial charge in [0, 0.05) is 12.0 Å². The van der Waals surface area contributed by atoms with E-state index in [1.807, 2.05) is 0 Å². The second-order valence-corrected chi connectivity index (χ2v) is 3.43. The maximum absolute atomic E-state index is 12.8. The first-order chi connectivity index (χ1) is 7.21. The number of amides is 2. The zero-order valence-corrected chi connectivity index (χ0v) is 8.04. The lowest BCUT2D eigenvalue weighted by molar-refractivity contribution is -0.205. The molecule has 0 radical (unpaired) electrons. The van der Waals surface area contributed by atoms with Crippen molar-refractivity contribution in [2.75, 3.05) is 0 Å². The highest BCUT2D eigenvalue weighted by molar-refractivity contribution is 5.95. The van der Waals surface area contributed by atoms with Gasteiger partial charge in [-0.1, -0.05) is 18.2 Å². The normalized spacial score (nSPS) is 25.1. The molecule has 0 fully saturated rings. The van der Waals surface area contributed by atoms with Crippen molar-refractivity contribution in [1.29, 1.82) is 0 Å². The Morgan fingerprint density at radius 3 is 2.25 bits per heavy atom. The second kappa shape index (κ2) is 3.66. The highest BCUT2D eigenvalue weighted by Crippen LogP contribution is 2.45. The van der Waals surface area contributed by atoms with Crippen LogP contribution in [0, 0.1) is 5.41 Å². The van der Waals surface area contributed by atoms with Gasteiger partial charge in [0.25, 0.3) is 0 Å². The molecular weight excluding hydrogens is 225 g/mol. The molecule has 4 N–H and O–H groups in total. The Labute approximate surface area is 88.8 Å². The molecule has 1 aliphatic carbocycles. The van der Waals surface area contributed by atoms with Crippen LogP contribution in [-0.2, 0) is 9.59 Å². The van der Waals surface area contributed by atoms with E-state index in [1.54, 1.807) is 0 Å². The molecule has 4 nitrogen and oxygen atoms in total. The van der Waals surface area contributed by atoms with Crippen molar-refractivity contribution in [3.8, 4) is 0 Å². The van der Waals surface area contributed by atoms with Crippen LogP contribution in [0.1, 0.15) is 6.42 Å². The van der Waals surface area contributed by atoms with Crippen molar-refractivity contribution in [2.24, 2.45) is 16.9 Å². The minimum Gasteiger partial charge on any atom is -0.369 e. The van der Waals surface area contributed by atoms with E-state index in [-0.39, 0.29) is 5.57 Å². The number of rotatable bonds is 2. The van der Waals surface area contributed by atoms with Gasteiger partial charge in [-0.05, 0) is 0 Å². The van der Waals surface area contributed by atoms with Crippen LogP contribution in [0.15, 0.2) is 23.8 Å².